The van der Waals surface area contributed by atoms with Gasteiger partial charge in [-0.15, -0.1) is 0 Å². The van der Waals surface area contributed by atoms with E-state index in [2.05, 4.69) is 4.98 Å². The van der Waals surface area contributed by atoms with E-state index in [1.54, 1.807) is 12.3 Å². The molecule has 4 rings (SSSR count). The SMILES string of the molecule is Cc1cc(-c2ccc3ncccc3c2)ccc1[C@@H](O)[C@H]1OC(CO)[C@@H](O)[C@H](O)C1O. The Morgan fingerprint density at radius 1 is 0.967 bits per heavy atom. The molecule has 7 heteroatoms. The molecule has 30 heavy (non-hydrogen) atoms. The molecule has 1 aliphatic heterocycles. The van der Waals surface area contributed by atoms with Crippen molar-refractivity contribution in [3.63, 3.8) is 0 Å². The molecule has 1 fully saturated rings. The number of hydrogen-bond acceptors (Lipinski definition) is 7. The van der Waals surface area contributed by atoms with E-state index >= 15 is 0 Å². The van der Waals surface area contributed by atoms with E-state index in [-0.39, 0.29) is 0 Å². The molecule has 6 atom stereocenters. The second kappa shape index (κ2) is 8.39. The van der Waals surface area contributed by atoms with Gasteiger partial charge in [0.15, 0.2) is 0 Å². The van der Waals surface area contributed by atoms with Crippen LogP contribution in [0.15, 0.2) is 54.7 Å². The summed E-state index contributed by atoms with van der Waals surface area (Å²) < 4.78 is 5.50. The van der Waals surface area contributed by atoms with Crippen molar-refractivity contribution in [2.75, 3.05) is 6.61 Å². The number of pyridine rings is 1. The first-order valence-corrected chi connectivity index (χ1v) is 9.85. The molecule has 0 bridgehead atoms. The summed E-state index contributed by atoms with van der Waals surface area (Å²) in [6, 6.07) is 15.4. The van der Waals surface area contributed by atoms with Crippen molar-refractivity contribution < 1.29 is 30.3 Å². The highest BCUT2D eigenvalue weighted by Gasteiger charge is 2.46. The van der Waals surface area contributed by atoms with Crippen LogP contribution in [0.4, 0.5) is 0 Å². The summed E-state index contributed by atoms with van der Waals surface area (Å²) in [6.45, 7) is 1.30. The van der Waals surface area contributed by atoms with Gasteiger partial charge in [0.2, 0.25) is 0 Å². The predicted octanol–water partition coefficient (Wildman–Crippen LogP) is 1.09. The fourth-order valence-electron chi connectivity index (χ4n) is 4.01. The summed E-state index contributed by atoms with van der Waals surface area (Å²) in [5.41, 5.74) is 4.19. The number of aliphatic hydroxyl groups excluding tert-OH is 5. The molecule has 0 amide bonds. The quantitative estimate of drug-likeness (QED) is 0.435. The minimum absolute atomic E-state index is 0.533. The molecule has 158 valence electrons. The largest absolute Gasteiger partial charge is 0.394 e. The molecule has 3 aromatic rings. The lowest BCUT2D eigenvalue weighted by Gasteiger charge is -2.42. The molecule has 1 aliphatic rings. The first-order valence-electron chi connectivity index (χ1n) is 9.85. The Hall–Kier alpha value is -2.39. The van der Waals surface area contributed by atoms with E-state index in [0.29, 0.717) is 5.56 Å². The molecule has 0 spiro atoms. The van der Waals surface area contributed by atoms with Crippen molar-refractivity contribution >= 4 is 10.9 Å². The van der Waals surface area contributed by atoms with Crippen LogP contribution >= 0.6 is 0 Å². The normalized spacial score (nSPS) is 27.9. The third-order valence-electron chi connectivity index (χ3n) is 5.77. The van der Waals surface area contributed by atoms with Gasteiger partial charge in [-0.3, -0.25) is 4.98 Å². The van der Waals surface area contributed by atoms with Crippen molar-refractivity contribution in [1.82, 2.24) is 4.98 Å². The van der Waals surface area contributed by atoms with Gasteiger partial charge in [-0.05, 0) is 47.4 Å². The molecular formula is C23H25NO6. The van der Waals surface area contributed by atoms with E-state index in [9.17, 15) is 25.5 Å². The van der Waals surface area contributed by atoms with Crippen LogP contribution in [-0.2, 0) is 4.74 Å². The number of fused-ring (bicyclic) bond motifs is 1. The lowest BCUT2D eigenvalue weighted by atomic mass is 9.88. The zero-order valence-electron chi connectivity index (χ0n) is 16.5. The topological polar surface area (TPSA) is 123 Å². The molecule has 7 nitrogen and oxygen atoms in total. The van der Waals surface area contributed by atoms with Crippen LogP contribution in [0.5, 0.6) is 0 Å². The molecule has 0 radical (unpaired) electrons. The number of hydrogen-bond donors (Lipinski definition) is 5. The maximum absolute atomic E-state index is 10.8. The van der Waals surface area contributed by atoms with Gasteiger partial charge in [0, 0.05) is 11.6 Å². The van der Waals surface area contributed by atoms with E-state index in [0.717, 1.165) is 27.6 Å². The standard InChI is InChI=1S/C23H25NO6/c1-12-9-13(14-5-7-17-15(10-14)3-2-8-24-17)4-6-16(12)19(26)23-22(29)21(28)20(27)18(11-25)30-23/h2-10,18-23,25-29H,11H2,1H3/t18?,19-,20-,21+,22?,23-/m1/s1. The van der Waals surface area contributed by atoms with Gasteiger partial charge in [0.1, 0.15) is 36.6 Å². The molecule has 5 N–H and O–H groups in total. The molecule has 1 saturated heterocycles. The average Bonchev–Trinajstić information content (AvgIpc) is 2.77. The minimum atomic E-state index is -1.53. The number of aryl methyl sites for hydroxylation is 1. The number of aliphatic hydroxyl groups is 5. The first kappa shape index (κ1) is 20.9. The van der Waals surface area contributed by atoms with Crippen LogP contribution in [0.25, 0.3) is 22.0 Å². The Morgan fingerprint density at radius 2 is 1.70 bits per heavy atom. The zero-order chi connectivity index (χ0) is 21.4. The number of ether oxygens (including phenoxy) is 1. The Kier molecular flexibility index (Phi) is 5.84. The maximum Gasteiger partial charge on any atom is 0.117 e. The van der Waals surface area contributed by atoms with Crippen LogP contribution < -0.4 is 0 Å². The van der Waals surface area contributed by atoms with Crippen LogP contribution in [0.3, 0.4) is 0 Å². The number of aromatic nitrogens is 1. The zero-order valence-corrected chi connectivity index (χ0v) is 16.5. The molecule has 2 heterocycles. The summed E-state index contributed by atoms with van der Waals surface area (Å²) in [5, 5.41) is 51.5. The highest BCUT2D eigenvalue weighted by atomic mass is 16.6. The van der Waals surface area contributed by atoms with Crippen molar-refractivity contribution in [1.29, 1.82) is 0 Å². The summed E-state index contributed by atoms with van der Waals surface area (Å²) in [4.78, 5) is 4.33. The Bertz CT molecular complexity index is 1040. The second-order valence-electron chi connectivity index (χ2n) is 7.72. The van der Waals surface area contributed by atoms with Crippen LogP contribution in [0, 0.1) is 6.92 Å². The summed E-state index contributed by atoms with van der Waals surface area (Å²) in [6.07, 6.45) is -6.22. The number of nitrogens with zero attached hydrogens (tertiary/aromatic N) is 1. The van der Waals surface area contributed by atoms with Crippen molar-refractivity contribution in [3.8, 4) is 11.1 Å². The van der Waals surface area contributed by atoms with Crippen LogP contribution in [-0.4, -0.2) is 67.6 Å². The van der Waals surface area contributed by atoms with Gasteiger partial charge in [0.05, 0.1) is 12.1 Å². The highest BCUT2D eigenvalue weighted by molar-refractivity contribution is 5.84. The Morgan fingerprint density at radius 3 is 2.43 bits per heavy atom. The third-order valence-corrected chi connectivity index (χ3v) is 5.77. The lowest BCUT2D eigenvalue weighted by molar-refractivity contribution is -0.250. The lowest BCUT2D eigenvalue weighted by Crippen LogP contribution is -2.59. The van der Waals surface area contributed by atoms with Crippen LogP contribution in [0.1, 0.15) is 17.2 Å². The monoisotopic (exact) mass is 411 g/mol. The summed E-state index contributed by atoms with van der Waals surface area (Å²) in [5.74, 6) is 0. The minimum Gasteiger partial charge on any atom is -0.394 e. The van der Waals surface area contributed by atoms with Gasteiger partial charge in [0.25, 0.3) is 0 Å². The van der Waals surface area contributed by atoms with Crippen molar-refractivity contribution in [3.05, 3.63) is 65.9 Å². The van der Waals surface area contributed by atoms with E-state index in [1.165, 1.54) is 0 Å². The number of benzene rings is 2. The molecule has 2 aromatic carbocycles. The maximum atomic E-state index is 10.8. The predicted molar refractivity (Wildman–Crippen MR) is 111 cm³/mol. The Balaban J connectivity index is 1.62. The molecule has 0 saturated carbocycles. The van der Waals surface area contributed by atoms with E-state index in [1.807, 2.05) is 49.4 Å². The fraction of sp³-hybridized carbons (Fsp3) is 0.348. The summed E-state index contributed by atoms with van der Waals surface area (Å²) >= 11 is 0. The number of rotatable bonds is 4. The van der Waals surface area contributed by atoms with Crippen LogP contribution in [0.2, 0.25) is 0 Å². The van der Waals surface area contributed by atoms with Crippen molar-refractivity contribution in [2.24, 2.45) is 0 Å². The fourth-order valence-corrected chi connectivity index (χ4v) is 4.01. The van der Waals surface area contributed by atoms with Gasteiger partial charge >= 0.3 is 0 Å². The van der Waals surface area contributed by atoms with Gasteiger partial charge in [-0.2, -0.15) is 0 Å². The molecule has 0 aliphatic carbocycles. The molecule has 1 aromatic heterocycles. The van der Waals surface area contributed by atoms with Gasteiger partial charge < -0.3 is 30.3 Å². The highest BCUT2D eigenvalue weighted by Crippen LogP contribution is 2.33. The van der Waals surface area contributed by atoms with Gasteiger partial charge in [-0.1, -0.05) is 30.3 Å². The molecular weight excluding hydrogens is 386 g/mol. The smallest absolute Gasteiger partial charge is 0.117 e. The summed E-state index contributed by atoms with van der Waals surface area (Å²) in [7, 11) is 0. The van der Waals surface area contributed by atoms with E-state index < -0.39 is 43.2 Å². The van der Waals surface area contributed by atoms with Crippen molar-refractivity contribution in [2.45, 2.75) is 43.5 Å². The Labute approximate surface area is 173 Å². The molecule has 2 unspecified atom stereocenters. The van der Waals surface area contributed by atoms with Gasteiger partial charge in [-0.25, -0.2) is 0 Å². The average molecular weight is 411 g/mol. The second-order valence-corrected chi connectivity index (χ2v) is 7.72. The third kappa shape index (κ3) is 3.72. The van der Waals surface area contributed by atoms with E-state index in [4.69, 9.17) is 4.74 Å². The first-order chi connectivity index (χ1) is 14.4.